The first-order valence-electron chi connectivity index (χ1n) is 7.58. The van der Waals surface area contributed by atoms with Gasteiger partial charge in [-0.3, -0.25) is 14.4 Å². The first kappa shape index (κ1) is 18.2. The minimum atomic E-state index is -0.955. The van der Waals surface area contributed by atoms with Crippen LogP contribution in [-0.4, -0.2) is 52.5 Å². The van der Waals surface area contributed by atoms with Crippen molar-refractivity contribution in [2.75, 3.05) is 6.54 Å². The second-order valence-corrected chi connectivity index (χ2v) is 6.24. The number of hydrogen-bond acceptors (Lipinski definition) is 4. The fraction of sp³-hybridized carbons (Fsp3) is 0.438. The molecule has 7 nitrogen and oxygen atoms in total. The van der Waals surface area contributed by atoms with Crippen molar-refractivity contribution in [3.63, 3.8) is 0 Å². The van der Waals surface area contributed by atoms with E-state index in [-0.39, 0.29) is 25.3 Å². The highest BCUT2D eigenvalue weighted by molar-refractivity contribution is 6.31. The molecule has 1 saturated heterocycles. The van der Waals surface area contributed by atoms with Crippen LogP contribution in [-0.2, 0) is 20.8 Å². The van der Waals surface area contributed by atoms with E-state index >= 15 is 0 Å². The average molecular weight is 354 g/mol. The van der Waals surface area contributed by atoms with Gasteiger partial charge < -0.3 is 21.1 Å². The molecule has 0 saturated carbocycles. The van der Waals surface area contributed by atoms with Crippen LogP contribution in [0, 0.1) is 0 Å². The number of carbonyl (C=O) groups excluding carboxylic acids is 3. The number of nitrogens with zero attached hydrogens (tertiary/aromatic N) is 1. The van der Waals surface area contributed by atoms with Gasteiger partial charge >= 0.3 is 0 Å². The summed E-state index contributed by atoms with van der Waals surface area (Å²) in [4.78, 5) is 37.0. The number of likely N-dealkylation sites (tertiary alicyclic amines) is 1. The van der Waals surface area contributed by atoms with E-state index in [0.717, 1.165) is 0 Å². The van der Waals surface area contributed by atoms with Gasteiger partial charge in [0.05, 0.1) is 6.10 Å². The molecule has 1 aromatic carbocycles. The van der Waals surface area contributed by atoms with Crippen LogP contribution in [0.2, 0.25) is 5.02 Å². The minimum absolute atomic E-state index is 0.0964. The predicted octanol–water partition coefficient (Wildman–Crippen LogP) is -0.166. The van der Waals surface area contributed by atoms with E-state index in [1.807, 2.05) is 0 Å². The summed E-state index contributed by atoms with van der Waals surface area (Å²) >= 11 is 6.07. The number of amides is 3. The Bertz CT molecular complexity index is 652. The lowest BCUT2D eigenvalue weighted by atomic mass is 10.0. The minimum Gasteiger partial charge on any atom is -0.391 e. The van der Waals surface area contributed by atoms with Crippen LogP contribution in [0.15, 0.2) is 24.3 Å². The summed E-state index contributed by atoms with van der Waals surface area (Å²) in [5, 5.41) is 12.7. The lowest BCUT2D eigenvalue weighted by molar-refractivity contribution is -0.138. The molecule has 1 aliphatic rings. The molecular formula is C16H20ClN3O4. The third-order valence-electron chi connectivity index (χ3n) is 4.03. The Morgan fingerprint density at radius 2 is 2.08 bits per heavy atom. The molecule has 0 aromatic heterocycles. The highest BCUT2D eigenvalue weighted by Crippen LogP contribution is 2.20. The van der Waals surface area contributed by atoms with Crippen molar-refractivity contribution >= 4 is 29.3 Å². The molecule has 3 atom stereocenters. The number of hydrogen-bond donors (Lipinski definition) is 3. The molecule has 130 valence electrons. The van der Waals surface area contributed by atoms with Crippen LogP contribution in [0.4, 0.5) is 0 Å². The Morgan fingerprint density at radius 1 is 1.42 bits per heavy atom. The van der Waals surface area contributed by atoms with Gasteiger partial charge in [0.15, 0.2) is 0 Å². The van der Waals surface area contributed by atoms with Crippen LogP contribution < -0.4 is 11.1 Å². The quantitative estimate of drug-likeness (QED) is 0.682. The summed E-state index contributed by atoms with van der Waals surface area (Å²) in [5.41, 5.74) is 6.06. The van der Waals surface area contributed by atoms with Gasteiger partial charge in [0, 0.05) is 31.3 Å². The van der Waals surface area contributed by atoms with Gasteiger partial charge in [-0.25, -0.2) is 0 Å². The van der Waals surface area contributed by atoms with Crippen LogP contribution in [0.3, 0.4) is 0 Å². The lowest BCUT2D eigenvalue weighted by Crippen LogP contribution is -2.52. The molecule has 8 heteroatoms. The number of halogens is 1. The molecule has 24 heavy (non-hydrogen) atoms. The number of benzene rings is 1. The molecular weight excluding hydrogens is 334 g/mol. The molecule has 1 aromatic rings. The second-order valence-electron chi connectivity index (χ2n) is 5.84. The topological polar surface area (TPSA) is 113 Å². The maximum atomic E-state index is 12.4. The van der Waals surface area contributed by atoms with Gasteiger partial charge in [-0.2, -0.15) is 0 Å². The monoisotopic (exact) mass is 353 g/mol. The lowest BCUT2D eigenvalue weighted by Gasteiger charge is -2.24. The first-order chi connectivity index (χ1) is 11.3. The number of aliphatic hydroxyl groups is 1. The van der Waals surface area contributed by atoms with Gasteiger partial charge in [-0.15, -0.1) is 0 Å². The zero-order valence-electron chi connectivity index (χ0n) is 13.2. The third kappa shape index (κ3) is 4.24. The fourth-order valence-corrected chi connectivity index (χ4v) is 3.00. The number of rotatable bonds is 5. The number of carbonyl (C=O) groups is 3. The van der Waals surface area contributed by atoms with E-state index in [9.17, 15) is 19.5 Å². The third-order valence-corrected chi connectivity index (χ3v) is 4.40. The molecule has 0 unspecified atom stereocenters. The van der Waals surface area contributed by atoms with Crippen LogP contribution in [0.1, 0.15) is 18.9 Å². The molecule has 0 aliphatic carbocycles. The first-order valence-corrected chi connectivity index (χ1v) is 7.95. The molecule has 1 aliphatic heterocycles. The molecule has 0 radical (unpaired) electrons. The van der Waals surface area contributed by atoms with E-state index < -0.39 is 30.0 Å². The Morgan fingerprint density at radius 3 is 2.67 bits per heavy atom. The number of primary amides is 1. The Hall–Kier alpha value is -2.12. The largest absolute Gasteiger partial charge is 0.391 e. The van der Waals surface area contributed by atoms with Crippen molar-refractivity contribution in [3.05, 3.63) is 34.9 Å². The average Bonchev–Trinajstić information content (AvgIpc) is 2.91. The summed E-state index contributed by atoms with van der Waals surface area (Å²) in [6.07, 6.45) is -0.487. The Kier molecular flexibility index (Phi) is 5.80. The van der Waals surface area contributed by atoms with Crippen molar-refractivity contribution in [2.45, 2.75) is 38.0 Å². The normalized spacial score (nSPS) is 21.4. The standard InChI is InChI=1S/C16H20ClN3O4/c1-9(21)20-8-11(22)7-14(20)16(24)19-13(15(18)23)6-10-4-2-3-5-12(10)17/h2-5,11,13-14,22H,6-8H2,1H3,(H2,18,23)(H,19,24)/t11-,13+,14+/m1/s1. The van der Waals surface area contributed by atoms with Gasteiger partial charge in [0.25, 0.3) is 0 Å². The SMILES string of the molecule is CC(=O)N1C[C@H](O)C[C@H]1C(=O)N[C@@H](Cc1ccccc1Cl)C(N)=O. The number of aliphatic hydroxyl groups excluding tert-OH is 1. The Labute approximate surface area is 144 Å². The van der Waals surface area contributed by atoms with Crippen LogP contribution in [0.5, 0.6) is 0 Å². The second kappa shape index (κ2) is 7.63. The summed E-state index contributed by atoms with van der Waals surface area (Å²) in [6, 6.07) is 5.18. The Balaban J connectivity index is 2.10. The molecule has 0 spiro atoms. The van der Waals surface area contributed by atoms with Gasteiger partial charge in [-0.05, 0) is 11.6 Å². The maximum Gasteiger partial charge on any atom is 0.243 e. The zero-order chi connectivity index (χ0) is 17.9. The maximum absolute atomic E-state index is 12.4. The fourth-order valence-electron chi connectivity index (χ4n) is 2.78. The van der Waals surface area contributed by atoms with Crippen molar-refractivity contribution in [1.82, 2.24) is 10.2 Å². The molecule has 4 N–H and O–H groups in total. The number of β-amino-alcohol motifs (C(OH)–C–C–N with tert-alkyl or cyclic N) is 1. The van der Waals surface area contributed by atoms with E-state index in [4.69, 9.17) is 17.3 Å². The van der Waals surface area contributed by atoms with E-state index in [0.29, 0.717) is 10.6 Å². The molecule has 0 bridgehead atoms. The van der Waals surface area contributed by atoms with Crippen LogP contribution >= 0.6 is 11.6 Å². The summed E-state index contributed by atoms with van der Waals surface area (Å²) < 4.78 is 0. The number of nitrogens with two attached hydrogens (primary N) is 1. The van der Waals surface area contributed by atoms with Gasteiger partial charge in [0.2, 0.25) is 17.7 Å². The predicted molar refractivity (Wildman–Crippen MR) is 88.1 cm³/mol. The molecule has 1 fully saturated rings. The van der Waals surface area contributed by atoms with Gasteiger partial charge in [0.1, 0.15) is 12.1 Å². The highest BCUT2D eigenvalue weighted by Gasteiger charge is 2.38. The molecule has 3 amide bonds. The molecule has 1 heterocycles. The summed E-state index contributed by atoms with van der Waals surface area (Å²) in [6.45, 7) is 1.42. The number of nitrogens with one attached hydrogen (secondary N) is 1. The highest BCUT2D eigenvalue weighted by atomic mass is 35.5. The van der Waals surface area contributed by atoms with Gasteiger partial charge in [-0.1, -0.05) is 29.8 Å². The van der Waals surface area contributed by atoms with Crippen molar-refractivity contribution in [3.8, 4) is 0 Å². The zero-order valence-corrected chi connectivity index (χ0v) is 14.0. The molecule has 2 rings (SSSR count). The van der Waals surface area contributed by atoms with E-state index in [2.05, 4.69) is 5.32 Å². The van der Waals surface area contributed by atoms with E-state index in [1.165, 1.54) is 11.8 Å². The van der Waals surface area contributed by atoms with Crippen molar-refractivity contribution in [1.29, 1.82) is 0 Å². The smallest absolute Gasteiger partial charge is 0.243 e. The summed E-state index contributed by atoms with van der Waals surface area (Å²) in [5.74, 6) is -1.53. The summed E-state index contributed by atoms with van der Waals surface area (Å²) in [7, 11) is 0. The van der Waals surface area contributed by atoms with E-state index in [1.54, 1.807) is 24.3 Å². The van der Waals surface area contributed by atoms with Crippen molar-refractivity contribution in [2.24, 2.45) is 5.73 Å². The van der Waals surface area contributed by atoms with Crippen LogP contribution in [0.25, 0.3) is 0 Å². The van der Waals surface area contributed by atoms with Crippen molar-refractivity contribution < 1.29 is 19.5 Å².